The molecule has 132 valence electrons. The van der Waals surface area contributed by atoms with Crippen LogP contribution in [-0.4, -0.2) is 39.9 Å². The number of carbonyl (C=O) groups is 3. The molecular formula is C16H27NO6. The van der Waals surface area contributed by atoms with Gasteiger partial charge in [0.05, 0.1) is 5.92 Å². The summed E-state index contributed by atoms with van der Waals surface area (Å²) in [6, 6.07) is -1.27. The van der Waals surface area contributed by atoms with E-state index >= 15 is 0 Å². The second-order valence-corrected chi connectivity index (χ2v) is 7.12. The lowest BCUT2D eigenvalue weighted by molar-refractivity contribution is -0.146. The fourth-order valence-electron chi connectivity index (χ4n) is 2.96. The van der Waals surface area contributed by atoms with Crippen molar-refractivity contribution in [2.45, 2.75) is 70.9 Å². The van der Waals surface area contributed by atoms with E-state index in [1.807, 2.05) is 0 Å². The van der Waals surface area contributed by atoms with E-state index < -0.39 is 35.6 Å². The van der Waals surface area contributed by atoms with Gasteiger partial charge in [-0.2, -0.15) is 0 Å². The summed E-state index contributed by atoms with van der Waals surface area (Å²) < 4.78 is 5.05. The number of carbonyl (C=O) groups excluding carboxylic acids is 1. The van der Waals surface area contributed by atoms with Gasteiger partial charge in [-0.3, -0.25) is 4.79 Å². The van der Waals surface area contributed by atoms with Crippen LogP contribution >= 0.6 is 0 Å². The van der Waals surface area contributed by atoms with Crippen LogP contribution in [0.2, 0.25) is 0 Å². The summed E-state index contributed by atoms with van der Waals surface area (Å²) in [6.45, 7) is 5.01. The van der Waals surface area contributed by atoms with Gasteiger partial charge in [0, 0.05) is 0 Å². The standard InChI is InChI=1S/C16H27NO6/c1-16(2,3)23-15(22)17-12(14(20)21)9-11(13(18)19)10-7-5-4-6-8-10/h10-12H,4-9H2,1-3H3,(H,17,22)(H,18,19)(H,20,21)/t11?,12-/m1/s1. The highest BCUT2D eigenvalue weighted by molar-refractivity contribution is 5.81. The van der Waals surface area contributed by atoms with Crippen molar-refractivity contribution in [2.24, 2.45) is 11.8 Å². The first-order valence-corrected chi connectivity index (χ1v) is 8.05. The van der Waals surface area contributed by atoms with Gasteiger partial charge in [-0.15, -0.1) is 0 Å². The molecule has 1 unspecified atom stereocenters. The molecule has 23 heavy (non-hydrogen) atoms. The van der Waals surface area contributed by atoms with Crippen LogP contribution in [0.4, 0.5) is 4.79 Å². The number of hydrogen-bond donors (Lipinski definition) is 3. The van der Waals surface area contributed by atoms with Crippen molar-refractivity contribution in [3.63, 3.8) is 0 Å². The predicted octanol–water partition coefficient (Wildman–Crippen LogP) is 2.64. The van der Waals surface area contributed by atoms with Gasteiger partial charge in [-0.25, -0.2) is 9.59 Å². The monoisotopic (exact) mass is 329 g/mol. The highest BCUT2D eigenvalue weighted by atomic mass is 16.6. The Morgan fingerprint density at radius 1 is 1.09 bits per heavy atom. The normalized spacial score (nSPS) is 18.7. The van der Waals surface area contributed by atoms with Crippen LogP contribution < -0.4 is 5.32 Å². The third-order valence-electron chi connectivity index (χ3n) is 4.01. The van der Waals surface area contributed by atoms with Crippen LogP contribution in [0.5, 0.6) is 0 Å². The van der Waals surface area contributed by atoms with Gasteiger partial charge in [0.25, 0.3) is 0 Å². The molecule has 1 aliphatic carbocycles. The summed E-state index contributed by atoms with van der Waals surface area (Å²) >= 11 is 0. The van der Waals surface area contributed by atoms with Crippen molar-refractivity contribution >= 4 is 18.0 Å². The summed E-state index contributed by atoms with van der Waals surface area (Å²) in [5.41, 5.74) is -0.747. The molecular weight excluding hydrogens is 302 g/mol. The highest BCUT2D eigenvalue weighted by Crippen LogP contribution is 2.32. The van der Waals surface area contributed by atoms with Gasteiger partial charge >= 0.3 is 18.0 Å². The van der Waals surface area contributed by atoms with Crippen molar-refractivity contribution in [1.82, 2.24) is 5.32 Å². The zero-order valence-electron chi connectivity index (χ0n) is 14.0. The molecule has 7 nitrogen and oxygen atoms in total. The smallest absolute Gasteiger partial charge is 0.408 e. The van der Waals surface area contributed by atoms with Crippen molar-refractivity contribution in [1.29, 1.82) is 0 Å². The number of rotatable bonds is 6. The Kier molecular flexibility index (Phi) is 6.84. The molecule has 2 atom stereocenters. The summed E-state index contributed by atoms with van der Waals surface area (Å²) in [6.07, 6.45) is 3.61. The van der Waals surface area contributed by atoms with Crippen LogP contribution in [0.25, 0.3) is 0 Å². The zero-order valence-corrected chi connectivity index (χ0v) is 14.0. The molecule has 0 aliphatic heterocycles. The minimum atomic E-state index is -1.27. The van der Waals surface area contributed by atoms with Crippen molar-refractivity contribution in [2.75, 3.05) is 0 Å². The molecule has 0 spiro atoms. The number of alkyl carbamates (subject to hydrolysis) is 1. The molecule has 7 heteroatoms. The average molecular weight is 329 g/mol. The third-order valence-corrected chi connectivity index (χ3v) is 4.01. The van der Waals surface area contributed by atoms with Gasteiger partial charge in [0.15, 0.2) is 0 Å². The van der Waals surface area contributed by atoms with Gasteiger partial charge < -0.3 is 20.3 Å². The molecule has 1 saturated carbocycles. The van der Waals surface area contributed by atoms with Gasteiger partial charge in [-0.1, -0.05) is 19.3 Å². The van der Waals surface area contributed by atoms with E-state index in [-0.39, 0.29) is 12.3 Å². The van der Waals surface area contributed by atoms with E-state index in [1.165, 1.54) is 0 Å². The summed E-state index contributed by atoms with van der Waals surface area (Å²) in [5.74, 6) is -3.07. The average Bonchev–Trinajstić information content (AvgIpc) is 2.41. The first-order chi connectivity index (χ1) is 10.6. The number of amides is 1. The molecule has 1 amide bonds. The van der Waals surface area contributed by atoms with E-state index in [4.69, 9.17) is 4.74 Å². The minimum absolute atomic E-state index is 0.0384. The molecule has 1 aliphatic rings. The molecule has 0 aromatic carbocycles. The van der Waals surface area contributed by atoms with E-state index in [1.54, 1.807) is 20.8 Å². The van der Waals surface area contributed by atoms with E-state index in [0.717, 1.165) is 32.1 Å². The number of carboxylic acids is 2. The summed E-state index contributed by atoms with van der Waals surface area (Å²) in [7, 11) is 0. The Labute approximate surface area is 136 Å². The maximum Gasteiger partial charge on any atom is 0.408 e. The van der Waals surface area contributed by atoms with Crippen LogP contribution in [0.3, 0.4) is 0 Å². The quantitative estimate of drug-likeness (QED) is 0.690. The predicted molar refractivity (Wildman–Crippen MR) is 83.1 cm³/mol. The molecule has 3 N–H and O–H groups in total. The van der Waals surface area contributed by atoms with Crippen LogP contribution in [0, 0.1) is 11.8 Å². The molecule has 0 saturated heterocycles. The van der Waals surface area contributed by atoms with Crippen molar-refractivity contribution in [3.05, 3.63) is 0 Å². The van der Waals surface area contributed by atoms with Crippen LogP contribution in [0.1, 0.15) is 59.3 Å². The lowest BCUT2D eigenvalue weighted by atomic mass is 9.77. The lowest BCUT2D eigenvalue weighted by Gasteiger charge is -2.29. The molecule has 1 fully saturated rings. The Morgan fingerprint density at radius 2 is 1.65 bits per heavy atom. The molecule has 0 aromatic rings. The maximum atomic E-state index is 11.8. The van der Waals surface area contributed by atoms with Crippen LogP contribution in [0.15, 0.2) is 0 Å². The largest absolute Gasteiger partial charge is 0.481 e. The maximum absolute atomic E-state index is 11.8. The molecule has 0 radical (unpaired) electrons. The zero-order chi connectivity index (χ0) is 17.6. The Bertz CT molecular complexity index is 436. The fourth-order valence-corrected chi connectivity index (χ4v) is 2.96. The van der Waals surface area contributed by atoms with Crippen LogP contribution in [-0.2, 0) is 14.3 Å². The number of hydrogen-bond acceptors (Lipinski definition) is 4. The number of aliphatic carboxylic acids is 2. The van der Waals surface area contributed by atoms with E-state index in [9.17, 15) is 24.6 Å². The lowest BCUT2D eigenvalue weighted by Crippen LogP contribution is -2.46. The highest BCUT2D eigenvalue weighted by Gasteiger charge is 2.35. The van der Waals surface area contributed by atoms with Gasteiger partial charge in [-0.05, 0) is 46.0 Å². The topological polar surface area (TPSA) is 113 Å². The molecule has 0 bridgehead atoms. The van der Waals surface area contributed by atoms with E-state index in [0.29, 0.717) is 0 Å². The minimum Gasteiger partial charge on any atom is -0.481 e. The first-order valence-electron chi connectivity index (χ1n) is 8.05. The fraction of sp³-hybridized carbons (Fsp3) is 0.812. The summed E-state index contributed by atoms with van der Waals surface area (Å²) in [4.78, 5) is 34.7. The third kappa shape index (κ3) is 6.88. The molecule has 1 rings (SSSR count). The van der Waals surface area contributed by atoms with Crippen molar-refractivity contribution in [3.8, 4) is 0 Å². The Morgan fingerprint density at radius 3 is 2.09 bits per heavy atom. The number of ether oxygens (including phenoxy) is 1. The van der Waals surface area contributed by atoms with E-state index in [2.05, 4.69) is 5.32 Å². The van der Waals surface area contributed by atoms with Gasteiger partial charge in [0.1, 0.15) is 11.6 Å². The first kappa shape index (κ1) is 19.3. The molecule has 0 aromatic heterocycles. The Hall–Kier alpha value is -1.79. The second-order valence-electron chi connectivity index (χ2n) is 7.12. The number of carboxylic acid groups (broad SMARTS) is 2. The van der Waals surface area contributed by atoms with Gasteiger partial charge in [0.2, 0.25) is 0 Å². The van der Waals surface area contributed by atoms with Crippen molar-refractivity contribution < 1.29 is 29.3 Å². The second kappa shape index (κ2) is 8.17. The Balaban J connectivity index is 2.73. The molecule has 0 heterocycles. The summed E-state index contributed by atoms with van der Waals surface area (Å²) in [5, 5.41) is 21.0. The number of nitrogens with one attached hydrogen (secondary N) is 1. The SMILES string of the molecule is CC(C)(C)OC(=O)N[C@H](CC(C(=O)O)C1CCCCC1)C(=O)O.